The molecular formula is C76H143NO8. The predicted octanol–water partition coefficient (Wildman–Crippen LogP) is 21.8. The zero-order chi connectivity index (χ0) is 61.9. The minimum Gasteiger partial charge on any atom is -0.545 e. The lowest BCUT2D eigenvalue weighted by Crippen LogP contribution is -2.44. The summed E-state index contributed by atoms with van der Waals surface area (Å²) in [5.74, 6) is -2.26. The molecule has 2 unspecified atom stereocenters. The molecule has 0 saturated carbocycles. The van der Waals surface area contributed by atoms with Gasteiger partial charge in [-0.25, -0.2) is 0 Å². The highest BCUT2D eigenvalue weighted by molar-refractivity contribution is 5.70. The van der Waals surface area contributed by atoms with Crippen LogP contribution in [-0.4, -0.2) is 82.3 Å². The summed E-state index contributed by atoms with van der Waals surface area (Å²) < 4.78 is 22.8. The van der Waals surface area contributed by atoms with Crippen LogP contribution in [0.5, 0.6) is 0 Å². The summed E-state index contributed by atoms with van der Waals surface area (Å²) >= 11 is 0. The molecule has 0 amide bonds. The average molecular weight is 1200 g/mol. The standard InChI is InChI=1S/C76H143NO8/c1-6-8-10-12-14-16-18-20-22-24-26-28-29-30-31-32-33-34-35-36-37-38-39-40-41-42-43-44-45-47-49-51-53-55-57-59-61-63-65-67-74(79)85-72(71-84-76(75(80)81)82-69-68-77(3,4)5)70-83-73(78)66-64-62-60-58-56-54-52-50-48-46-27-25-23-21-19-17-15-13-11-9-7-2/h18,20,24-27,72,76H,6-17,19,21-23,28-71H2,1-5H3/b20-18-,26-24-,27-25-. The van der Waals surface area contributed by atoms with E-state index in [2.05, 4.69) is 50.3 Å². The second-order valence-corrected chi connectivity index (χ2v) is 26.6. The molecule has 0 aliphatic rings. The fourth-order valence-electron chi connectivity index (χ4n) is 11.2. The number of hydrogen-bond acceptors (Lipinski definition) is 8. The maximum absolute atomic E-state index is 12.9. The Labute approximate surface area is 528 Å². The number of nitrogens with zero attached hydrogens (tertiary/aromatic N) is 1. The first-order valence-corrected chi connectivity index (χ1v) is 37.1. The van der Waals surface area contributed by atoms with Gasteiger partial charge in [0.05, 0.1) is 40.3 Å². The highest BCUT2D eigenvalue weighted by atomic mass is 16.7. The van der Waals surface area contributed by atoms with Crippen molar-refractivity contribution in [3.05, 3.63) is 36.5 Å². The van der Waals surface area contributed by atoms with Gasteiger partial charge >= 0.3 is 11.9 Å². The molecule has 0 fully saturated rings. The van der Waals surface area contributed by atoms with E-state index in [0.717, 1.165) is 44.9 Å². The molecule has 2 atom stereocenters. The van der Waals surface area contributed by atoms with Crippen LogP contribution in [0, 0.1) is 0 Å². The number of allylic oxidation sites excluding steroid dienone is 6. The number of likely N-dealkylation sites (N-methyl/N-ethyl adjacent to an activating group) is 1. The van der Waals surface area contributed by atoms with Crippen molar-refractivity contribution in [1.29, 1.82) is 0 Å². The first kappa shape index (κ1) is 82.5. The number of carboxylic acids is 1. The highest BCUT2D eigenvalue weighted by Gasteiger charge is 2.22. The monoisotopic (exact) mass is 1200 g/mol. The van der Waals surface area contributed by atoms with E-state index in [4.69, 9.17) is 18.9 Å². The van der Waals surface area contributed by atoms with Crippen LogP contribution in [0.4, 0.5) is 0 Å². The Balaban J connectivity index is 3.96. The van der Waals surface area contributed by atoms with Gasteiger partial charge in [-0.1, -0.05) is 326 Å². The van der Waals surface area contributed by atoms with Gasteiger partial charge in [0.1, 0.15) is 13.2 Å². The fourth-order valence-corrected chi connectivity index (χ4v) is 11.2. The van der Waals surface area contributed by atoms with Gasteiger partial charge in [-0.15, -0.1) is 0 Å². The molecule has 0 aliphatic heterocycles. The normalized spacial score (nSPS) is 12.8. The molecule has 85 heavy (non-hydrogen) atoms. The summed E-state index contributed by atoms with van der Waals surface area (Å²) in [4.78, 5) is 37.5. The molecule has 0 rings (SSSR count). The molecule has 0 N–H and O–H groups in total. The Kier molecular flexibility index (Phi) is 65.5. The number of hydrogen-bond donors (Lipinski definition) is 0. The number of carbonyl (C=O) groups excluding carboxylic acids is 3. The van der Waals surface area contributed by atoms with E-state index in [0.29, 0.717) is 17.4 Å². The largest absolute Gasteiger partial charge is 0.545 e. The number of esters is 2. The molecule has 0 aromatic heterocycles. The van der Waals surface area contributed by atoms with Crippen LogP contribution in [0.25, 0.3) is 0 Å². The summed E-state index contributed by atoms with van der Waals surface area (Å²) in [6.45, 7) is 4.80. The summed E-state index contributed by atoms with van der Waals surface area (Å²) in [7, 11) is 5.94. The quantitative estimate of drug-likeness (QED) is 0.0195. The molecular weight excluding hydrogens is 1050 g/mol. The maximum atomic E-state index is 12.9. The van der Waals surface area contributed by atoms with Crippen molar-refractivity contribution < 1.29 is 42.9 Å². The molecule has 0 saturated heterocycles. The smallest absolute Gasteiger partial charge is 0.306 e. The lowest BCUT2D eigenvalue weighted by molar-refractivity contribution is -0.870. The molecule has 0 spiro atoms. The number of rotatable bonds is 70. The van der Waals surface area contributed by atoms with E-state index in [1.54, 1.807) is 0 Å². The van der Waals surface area contributed by atoms with Gasteiger partial charge in [-0.2, -0.15) is 0 Å². The molecule has 0 bridgehead atoms. The molecule has 0 aromatic rings. The van der Waals surface area contributed by atoms with E-state index < -0.39 is 24.3 Å². The third-order valence-electron chi connectivity index (χ3n) is 16.9. The summed E-state index contributed by atoms with van der Waals surface area (Å²) in [5.41, 5.74) is 0. The van der Waals surface area contributed by atoms with Crippen LogP contribution >= 0.6 is 0 Å². The number of carbonyl (C=O) groups is 3. The number of ether oxygens (including phenoxy) is 4. The third-order valence-corrected chi connectivity index (χ3v) is 16.9. The van der Waals surface area contributed by atoms with Gasteiger partial charge < -0.3 is 33.3 Å². The zero-order valence-corrected chi connectivity index (χ0v) is 57.3. The Morgan fingerprint density at radius 3 is 0.941 bits per heavy atom. The second-order valence-electron chi connectivity index (χ2n) is 26.6. The van der Waals surface area contributed by atoms with E-state index >= 15 is 0 Å². The van der Waals surface area contributed by atoms with E-state index in [1.807, 2.05) is 21.1 Å². The van der Waals surface area contributed by atoms with Gasteiger partial charge in [0.25, 0.3) is 0 Å². The topological polar surface area (TPSA) is 111 Å². The Bertz CT molecular complexity index is 1490. The number of carboxylic acid groups (broad SMARTS) is 1. The molecule has 0 aliphatic carbocycles. The van der Waals surface area contributed by atoms with Crippen molar-refractivity contribution in [3.63, 3.8) is 0 Å². The first-order chi connectivity index (χ1) is 41.6. The Morgan fingerprint density at radius 1 is 0.353 bits per heavy atom. The summed E-state index contributed by atoms with van der Waals surface area (Å²) in [6.07, 6.45) is 82.6. The van der Waals surface area contributed by atoms with Crippen LogP contribution in [0.2, 0.25) is 0 Å². The fraction of sp³-hybridized carbons (Fsp3) is 0.882. The Morgan fingerprint density at radius 2 is 0.635 bits per heavy atom. The lowest BCUT2D eigenvalue weighted by Gasteiger charge is -2.26. The minimum atomic E-state index is -1.62. The maximum Gasteiger partial charge on any atom is 0.306 e. The van der Waals surface area contributed by atoms with Crippen LogP contribution in [0.3, 0.4) is 0 Å². The van der Waals surface area contributed by atoms with Crippen molar-refractivity contribution in [1.82, 2.24) is 0 Å². The van der Waals surface area contributed by atoms with Gasteiger partial charge in [0, 0.05) is 12.8 Å². The molecule has 9 nitrogen and oxygen atoms in total. The molecule has 0 radical (unpaired) electrons. The van der Waals surface area contributed by atoms with Crippen LogP contribution in [0.15, 0.2) is 36.5 Å². The van der Waals surface area contributed by atoms with Gasteiger partial charge in [0.2, 0.25) is 0 Å². The number of aliphatic carboxylic acids is 1. The summed E-state index contributed by atoms with van der Waals surface area (Å²) in [5, 5.41) is 11.8. The van der Waals surface area contributed by atoms with E-state index in [1.165, 1.54) is 302 Å². The average Bonchev–Trinajstić information content (AvgIpc) is 3.49. The number of quaternary nitrogens is 1. The third kappa shape index (κ3) is 68.9. The van der Waals surface area contributed by atoms with Crippen LogP contribution in [-0.2, 0) is 33.3 Å². The second kappa shape index (κ2) is 67.4. The SMILES string of the molecule is CCCCCCC/C=C\C/C=C\CCCCCCCCCCCCCCCCCCCCCCCCCCCCCC(=O)OC(COC(=O)CCCCCCCCCCC/C=C\CCCCCCCCCC)COC(OCC[N+](C)(C)C)C(=O)[O-]. The van der Waals surface area contributed by atoms with Gasteiger partial charge in [-0.3, -0.25) is 9.59 Å². The van der Waals surface area contributed by atoms with Gasteiger partial charge in [-0.05, 0) is 70.6 Å². The molecule has 9 heteroatoms. The molecule has 0 aromatic carbocycles. The first-order valence-electron chi connectivity index (χ1n) is 37.1. The minimum absolute atomic E-state index is 0.150. The molecule has 500 valence electrons. The van der Waals surface area contributed by atoms with E-state index in [9.17, 15) is 19.5 Å². The zero-order valence-electron chi connectivity index (χ0n) is 57.3. The molecule has 0 heterocycles. The summed E-state index contributed by atoms with van der Waals surface area (Å²) in [6, 6.07) is 0. The van der Waals surface area contributed by atoms with E-state index in [-0.39, 0.29) is 32.2 Å². The van der Waals surface area contributed by atoms with Crippen molar-refractivity contribution in [2.45, 2.75) is 386 Å². The van der Waals surface area contributed by atoms with Crippen LogP contribution in [0.1, 0.15) is 373 Å². The van der Waals surface area contributed by atoms with Crippen molar-refractivity contribution in [3.8, 4) is 0 Å². The van der Waals surface area contributed by atoms with Gasteiger partial charge in [0.15, 0.2) is 12.4 Å². The predicted molar refractivity (Wildman–Crippen MR) is 362 cm³/mol. The van der Waals surface area contributed by atoms with Crippen molar-refractivity contribution in [2.24, 2.45) is 0 Å². The van der Waals surface area contributed by atoms with Crippen molar-refractivity contribution in [2.75, 3.05) is 47.5 Å². The lowest BCUT2D eigenvalue weighted by atomic mass is 10.0. The number of unbranched alkanes of at least 4 members (excludes halogenated alkanes) is 49. The van der Waals surface area contributed by atoms with Crippen molar-refractivity contribution >= 4 is 17.9 Å². The van der Waals surface area contributed by atoms with Crippen LogP contribution < -0.4 is 5.11 Å². The highest BCUT2D eigenvalue weighted by Crippen LogP contribution is 2.19. The Hall–Kier alpha value is -2.49.